The van der Waals surface area contributed by atoms with Gasteiger partial charge in [0.25, 0.3) is 0 Å². The lowest BCUT2D eigenvalue weighted by molar-refractivity contribution is -0.194. The Morgan fingerprint density at radius 1 is 0.643 bits per heavy atom. The topological polar surface area (TPSA) is 49.0 Å². The van der Waals surface area contributed by atoms with E-state index >= 15 is 0 Å². The van der Waals surface area contributed by atoms with Gasteiger partial charge in [0.1, 0.15) is 12.5 Å². The summed E-state index contributed by atoms with van der Waals surface area (Å²) in [6.45, 7) is 1.55. The van der Waals surface area contributed by atoms with Crippen LogP contribution in [0.25, 0.3) is 0 Å². The molecule has 0 saturated carbocycles. The Hall–Kier alpha value is -2.12. The molecule has 2 heterocycles. The van der Waals surface area contributed by atoms with Gasteiger partial charge in [-0.1, -0.05) is 24.3 Å². The Bertz CT molecular complexity index is 709. The highest BCUT2D eigenvalue weighted by molar-refractivity contribution is 5.47. The summed E-state index contributed by atoms with van der Waals surface area (Å²) in [5, 5.41) is 6.97. The molecule has 0 bridgehead atoms. The molecule has 150 valence electrons. The van der Waals surface area contributed by atoms with Crippen LogP contribution in [0.2, 0.25) is 0 Å². The van der Waals surface area contributed by atoms with Gasteiger partial charge in [-0.25, -0.2) is 0 Å². The Morgan fingerprint density at radius 2 is 1.00 bits per heavy atom. The van der Waals surface area contributed by atoms with Crippen molar-refractivity contribution in [3.05, 3.63) is 59.7 Å². The molecule has 28 heavy (non-hydrogen) atoms. The van der Waals surface area contributed by atoms with E-state index in [1.807, 2.05) is 28.2 Å². The van der Waals surface area contributed by atoms with Crippen LogP contribution < -0.4 is 20.4 Å². The predicted molar refractivity (Wildman–Crippen MR) is 113 cm³/mol. The van der Waals surface area contributed by atoms with Crippen LogP contribution in [0.3, 0.4) is 0 Å². The van der Waals surface area contributed by atoms with Crippen LogP contribution in [0, 0.1) is 0 Å². The van der Waals surface area contributed by atoms with Crippen molar-refractivity contribution in [2.24, 2.45) is 0 Å². The minimum atomic E-state index is -0.0983. The van der Waals surface area contributed by atoms with Crippen LogP contribution in [0.4, 0.5) is 11.4 Å². The van der Waals surface area contributed by atoms with Crippen molar-refractivity contribution in [1.82, 2.24) is 10.6 Å². The Balaban J connectivity index is 1.37. The van der Waals surface area contributed by atoms with Gasteiger partial charge in [-0.3, -0.25) is 10.6 Å². The molecule has 4 rings (SSSR count). The maximum atomic E-state index is 6.29. The third-order valence-corrected chi connectivity index (χ3v) is 5.47. The van der Waals surface area contributed by atoms with E-state index in [0.29, 0.717) is 0 Å². The summed E-state index contributed by atoms with van der Waals surface area (Å²) in [6, 6.07) is 17.0. The molecule has 0 unspecified atom stereocenters. The first kappa shape index (κ1) is 19.2. The minimum absolute atomic E-state index is 0.0390. The second-order valence-electron chi connectivity index (χ2n) is 7.90. The van der Waals surface area contributed by atoms with Crippen LogP contribution in [0.5, 0.6) is 0 Å². The number of nitrogens with one attached hydrogen (secondary N) is 2. The minimum Gasteiger partial charge on any atom is -0.378 e. The van der Waals surface area contributed by atoms with Gasteiger partial charge in [0, 0.05) is 52.7 Å². The Morgan fingerprint density at radius 3 is 1.32 bits per heavy atom. The highest BCUT2D eigenvalue weighted by Crippen LogP contribution is 2.30. The second-order valence-corrected chi connectivity index (χ2v) is 7.90. The SMILES string of the molecule is CN(C)c1ccc([C@@H]2NC[C@H]3O[C@@H](c4ccc(N(C)C)cc4)NC[C@@H]3O2)cc1. The lowest BCUT2D eigenvalue weighted by Gasteiger charge is -2.43. The maximum Gasteiger partial charge on any atom is 0.134 e. The van der Waals surface area contributed by atoms with Crippen molar-refractivity contribution in [3.63, 3.8) is 0 Å². The Kier molecular flexibility index (Phi) is 5.55. The van der Waals surface area contributed by atoms with E-state index in [2.05, 4.69) is 69.0 Å². The zero-order valence-electron chi connectivity index (χ0n) is 17.1. The molecule has 2 N–H and O–H groups in total. The molecule has 2 saturated heterocycles. The average molecular weight is 383 g/mol. The molecule has 0 radical (unpaired) electrons. The first-order valence-corrected chi connectivity index (χ1v) is 9.83. The van der Waals surface area contributed by atoms with Crippen molar-refractivity contribution >= 4 is 11.4 Å². The third kappa shape index (κ3) is 4.00. The zero-order chi connectivity index (χ0) is 19.7. The van der Waals surface area contributed by atoms with Crippen molar-refractivity contribution in [3.8, 4) is 0 Å². The maximum absolute atomic E-state index is 6.29. The Labute approximate surface area is 167 Å². The molecule has 4 atom stereocenters. The van der Waals surface area contributed by atoms with Gasteiger partial charge in [0.2, 0.25) is 0 Å². The average Bonchev–Trinajstić information content (AvgIpc) is 2.73. The second kappa shape index (κ2) is 8.09. The van der Waals surface area contributed by atoms with Crippen LogP contribution in [-0.2, 0) is 9.47 Å². The van der Waals surface area contributed by atoms with E-state index < -0.39 is 0 Å². The van der Waals surface area contributed by atoms with Crippen LogP contribution in [-0.4, -0.2) is 53.5 Å². The molecule has 2 aromatic rings. The molecule has 2 fully saturated rings. The molecule has 0 aliphatic carbocycles. The van der Waals surface area contributed by atoms with Gasteiger partial charge >= 0.3 is 0 Å². The van der Waals surface area contributed by atoms with Gasteiger partial charge < -0.3 is 19.3 Å². The van der Waals surface area contributed by atoms with Crippen molar-refractivity contribution < 1.29 is 9.47 Å². The van der Waals surface area contributed by atoms with Crippen LogP contribution in [0.15, 0.2) is 48.5 Å². The molecule has 2 aliphatic rings. The largest absolute Gasteiger partial charge is 0.378 e. The number of hydrogen-bond acceptors (Lipinski definition) is 6. The van der Waals surface area contributed by atoms with E-state index in [9.17, 15) is 0 Å². The molecule has 2 aromatic carbocycles. The lowest BCUT2D eigenvalue weighted by Crippen LogP contribution is -2.57. The highest BCUT2D eigenvalue weighted by Gasteiger charge is 2.37. The lowest BCUT2D eigenvalue weighted by atomic mass is 10.1. The third-order valence-electron chi connectivity index (χ3n) is 5.47. The molecular formula is C22H30N4O2. The summed E-state index contributed by atoms with van der Waals surface area (Å²) in [6.07, 6.45) is -0.119. The van der Waals surface area contributed by atoms with E-state index in [-0.39, 0.29) is 24.7 Å². The summed E-state index contributed by atoms with van der Waals surface area (Å²) >= 11 is 0. The molecular weight excluding hydrogens is 352 g/mol. The molecule has 2 aliphatic heterocycles. The fourth-order valence-electron chi connectivity index (χ4n) is 3.71. The standard InChI is InChI=1S/C22H30N4O2/c1-25(2)17-9-5-15(6-10-17)21-23-13-20-19(27-21)14-24-22(28-20)16-7-11-18(12-8-16)26(3)4/h5-12,19-24H,13-14H2,1-4H3/t19-,20+,21+,22-. The van der Waals surface area contributed by atoms with Gasteiger partial charge in [-0.2, -0.15) is 0 Å². The van der Waals surface area contributed by atoms with E-state index in [1.165, 1.54) is 11.4 Å². The van der Waals surface area contributed by atoms with E-state index in [1.54, 1.807) is 0 Å². The number of anilines is 2. The smallest absolute Gasteiger partial charge is 0.134 e. The number of benzene rings is 2. The van der Waals surface area contributed by atoms with Crippen LogP contribution in [0.1, 0.15) is 23.6 Å². The number of hydrogen-bond donors (Lipinski definition) is 2. The summed E-state index contributed by atoms with van der Waals surface area (Å²) in [7, 11) is 8.18. The first-order valence-electron chi connectivity index (χ1n) is 9.83. The fraction of sp³-hybridized carbons (Fsp3) is 0.455. The summed E-state index contributed by atoms with van der Waals surface area (Å²) in [5.74, 6) is 0. The molecule has 6 heteroatoms. The van der Waals surface area contributed by atoms with Crippen LogP contribution >= 0.6 is 0 Å². The highest BCUT2D eigenvalue weighted by atomic mass is 16.6. The number of fused-ring (bicyclic) bond motifs is 1. The quantitative estimate of drug-likeness (QED) is 0.847. The molecule has 0 spiro atoms. The van der Waals surface area contributed by atoms with Gasteiger partial charge in [0.15, 0.2) is 0 Å². The predicted octanol–water partition coefficient (Wildman–Crippen LogP) is 2.49. The molecule has 6 nitrogen and oxygen atoms in total. The summed E-state index contributed by atoms with van der Waals surface area (Å²) in [4.78, 5) is 4.19. The monoisotopic (exact) mass is 382 g/mol. The van der Waals surface area contributed by atoms with Gasteiger partial charge in [0.05, 0.1) is 12.2 Å². The van der Waals surface area contributed by atoms with Gasteiger partial charge in [-0.05, 0) is 35.4 Å². The summed E-state index contributed by atoms with van der Waals surface area (Å²) < 4.78 is 12.6. The fourth-order valence-corrected chi connectivity index (χ4v) is 3.71. The van der Waals surface area contributed by atoms with Gasteiger partial charge in [-0.15, -0.1) is 0 Å². The zero-order valence-corrected chi connectivity index (χ0v) is 17.1. The van der Waals surface area contributed by atoms with Crippen molar-refractivity contribution in [2.75, 3.05) is 51.1 Å². The number of ether oxygens (including phenoxy) is 2. The first-order chi connectivity index (χ1) is 13.5. The molecule has 0 amide bonds. The van der Waals surface area contributed by atoms with E-state index in [0.717, 1.165) is 24.2 Å². The molecule has 0 aromatic heterocycles. The number of nitrogens with zero attached hydrogens (tertiary/aromatic N) is 2. The van der Waals surface area contributed by atoms with E-state index in [4.69, 9.17) is 9.47 Å². The number of rotatable bonds is 4. The van der Waals surface area contributed by atoms with Crippen molar-refractivity contribution in [2.45, 2.75) is 24.7 Å². The summed E-state index contributed by atoms with van der Waals surface area (Å²) in [5.41, 5.74) is 4.65. The van der Waals surface area contributed by atoms with Crippen molar-refractivity contribution in [1.29, 1.82) is 0 Å². The normalized spacial score (nSPS) is 27.1.